The Labute approximate surface area is 103 Å². The standard InChI is InChI=1S/C12H14BrNO2/c13-11-9(8-3-4-14-7-8)1-2-10-12(11)16-6-5-15-10/h1-2,8,14H,3-7H2. The zero-order chi connectivity index (χ0) is 11.0. The predicted octanol–water partition coefficient (Wildman–Crippen LogP) is 2.30. The molecule has 0 bridgehead atoms. The van der Waals surface area contributed by atoms with Crippen molar-refractivity contribution in [1.29, 1.82) is 0 Å². The smallest absolute Gasteiger partial charge is 0.175 e. The zero-order valence-corrected chi connectivity index (χ0v) is 10.5. The Morgan fingerprint density at radius 3 is 2.94 bits per heavy atom. The summed E-state index contributed by atoms with van der Waals surface area (Å²) in [4.78, 5) is 0. The van der Waals surface area contributed by atoms with Crippen molar-refractivity contribution in [3.63, 3.8) is 0 Å². The summed E-state index contributed by atoms with van der Waals surface area (Å²) in [6.07, 6.45) is 1.19. The van der Waals surface area contributed by atoms with Crippen LogP contribution in [0.1, 0.15) is 17.9 Å². The van der Waals surface area contributed by atoms with Gasteiger partial charge in [0.15, 0.2) is 11.5 Å². The summed E-state index contributed by atoms with van der Waals surface area (Å²) < 4.78 is 12.3. The number of ether oxygens (including phenoxy) is 2. The van der Waals surface area contributed by atoms with E-state index in [1.54, 1.807) is 0 Å². The van der Waals surface area contributed by atoms with E-state index in [4.69, 9.17) is 9.47 Å². The molecule has 0 amide bonds. The first kappa shape index (κ1) is 10.4. The Bertz CT molecular complexity index is 402. The Balaban J connectivity index is 1.99. The minimum absolute atomic E-state index is 0.588. The minimum Gasteiger partial charge on any atom is -0.486 e. The molecule has 0 aliphatic carbocycles. The molecule has 1 atom stereocenters. The molecule has 1 fully saturated rings. The Morgan fingerprint density at radius 1 is 1.25 bits per heavy atom. The molecule has 2 aliphatic heterocycles. The maximum atomic E-state index is 5.66. The van der Waals surface area contributed by atoms with Crippen LogP contribution in [-0.4, -0.2) is 26.3 Å². The minimum atomic E-state index is 0.588. The normalized spacial score (nSPS) is 23.4. The van der Waals surface area contributed by atoms with Crippen molar-refractivity contribution in [3.05, 3.63) is 22.2 Å². The van der Waals surface area contributed by atoms with Crippen molar-refractivity contribution in [3.8, 4) is 11.5 Å². The average molecular weight is 284 g/mol. The van der Waals surface area contributed by atoms with Gasteiger partial charge in [-0.2, -0.15) is 0 Å². The van der Waals surface area contributed by atoms with Gasteiger partial charge in [0.25, 0.3) is 0 Å². The van der Waals surface area contributed by atoms with Gasteiger partial charge < -0.3 is 14.8 Å². The van der Waals surface area contributed by atoms with Crippen molar-refractivity contribution in [1.82, 2.24) is 5.32 Å². The summed E-state index contributed by atoms with van der Waals surface area (Å²) in [5.74, 6) is 2.31. The Morgan fingerprint density at radius 2 is 2.12 bits per heavy atom. The van der Waals surface area contributed by atoms with Crippen molar-refractivity contribution < 1.29 is 9.47 Å². The molecule has 2 aliphatic rings. The molecule has 1 saturated heterocycles. The molecule has 0 radical (unpaired) electrons. The second kappa shape index (κ2) is 4.26. The van der Waals surface area contributed by atoms with E-state index in [0.29, 0.717) is 19.1 Å². The molecule has 3 nitrogen and oxygen atoms in total. The quantitative estimate of drug-likeness (QED) is 0.858. The lowest BCUT2D eigenvalue weighted by atomic mass is 9.98. The Kier molecular flexibility index (Phi) is 2.77. The summed E-state index contributed by atoms with van der Waals surface area (Å²) >= 11 is 3.64. The number of hydrogen-bond donors (Lipinski definition) is 1. The van der Waals surface area contributed by atoms with E-state index in [2.05, 4.69) is 27.3 Å². The number of rotatable bonds is 1. The lowest BCUT2D eigenvalue weighted by molar-refractivity contribution is 0.170. The first-order valence-electron chi connectivity index (χ1n) is 5.65. The van der Waals surface area contributed by atoms with E-state index >= 15 is 0 Å². The highest BCUT2D eigenvalue weighted by Crippen LogP contribution is 2.42. The number of nitrogens with one attached hydrogen (secondary N) is 1. The van der Waals surface area contributed by atoms with Gasteiger partial charge in [-0.1, -0.05) is 6.07 Å². The van der Waals surface area contributed by atoms with E-state index in [-0.39, 0.29) is 0 Å². The average Bonchev–Trinajstić information content (AvgIpc) is 2.83. The molecule has 3 rings (SSSR count). The van der Waals surface area contributed by atoms with Crippen LogP contribution in [0.5, 0.6) is 11.5 Å². The van der Waals surface area contributed by atoms with E-state index in [0.717, 1.165) is 29.1 Å². The molecule has 1 unspecified atom stereocenters. The molecule has 86 valence electrons. The molecule has 1 aromatic rings. The topological polar surface area (TPSA) is 30.5 Å². The molecule has 0 aromatic heterocycles. The van der Waals surface area contributed by atoms with Crippen LogP contribution >= 0.6 is 15.9 Å². The van der Waals surface area contributed by atoms with Crippen LogP contribution in [0.2, 0.25) is 0 Å². The number of hydrogen-bond acceptors (Lipinski definition) is 3. The van der Waals surface area contributed by atoms with Gasteiger partial charge >= 0.3 is 0 Å². The predicted molar refractivity (Wildman–Crippen MR) is 65.4 cm³/mol. The monoisotopic (exact) mass is 283 g/mol. The summed E-state index contributed by atoms with van der Waals surface area (Å²) in [5.41, 5.74) is 1.33. The van der Waals surface area contributed by atoms with Crippen LogP contribution in [-0.2, 0) is 0 Å². The van der Waals surface area contributed by atoms with Crippen molar-refractivity contribution >= 4 is 15.9 Å². The van der Waals surface area contributed by atoms with Crippen LogP contribution in [0.15, 0.2) is 16.6 Å². The van der Waals surface area contributed by atoms with Gasteiger partial charge in [-0.15, -0.1) is 0 Å². The highest BCUT2D eigenvalue weighted by molar-refractivity contribution is 9.10. The first-order chi connectivity index (χ1) is 7.86. The third-order valence-electron chi connectivity index (χ3n) is 3.18. The molecule has 2 heterocycles. The molecule has 1 N–H and O–H groups in total. The molecular weight excluding hydrogens is 270 g/mol. The van der Waals surface area contributed by atoms with Gasteiger partial charge in [-0.05, 0) is 46.4 Å². The number of benzene rings is 1. The van der Waals surface area contributed by atoms with Crippen LogP contribution in [0.4, 0.5) is 0 Å². The maximum Gasteiger partial charge on any atom is 0.175 e. The third-order valence-corrected chi connectivity index (χ3v) is 4.00. The fraction of sp³-hybridized carbons (Fsp3) is 0.500. The van der Waals surface area contributed by atoms with Gasteiger partial charge in [0.1, 0.15) is 13.2 Å². The van der Waals surface area contributed by atoms with E-state index in [1.165, 1.54) is 12.0 Å². The van der Waals surface area contributed by atoms with Crippen LogP contribution in [0.3, 0.4) is 0 Å². The van der Waals surface area contributed by atoms with Gasteiger partial charge in [0.2, 0.25) is 0 Å². The van der Waals surface area contributed by atoms with Gasteiger partial charge in [-0.25, -0.2) is 0 Å². The van der Waals surface area contributed by atoms with Gasteiger partial charge in [-0.3, -0.25) is 0 Å². The van der Waals surface area contributed by atoms with Crippen LogP contribution < -0.4 is 14.8 Å². The van der Waals surface area contributed by atoms with E-state index < -0.39 is 0 Å². The highest BCUT2D eigenvalue weighted by atomic mass is 79.9. The second-order valence-electron chi connectivity index (χ2n) is 4.18. The lowest BCUT2D eigenvalue weighted by Crippen LogP contribution is -2.16. The molecule has 0 saturated carbocycles. The lowest BCUT2D eigenvalue weighted by Gasteiger charge is -2.22. The van der Waals surface area contributed by atoms with Crippen molar-refractivity contribution in [2.75, 3.05) is 26.3 Å². The molecule has 0 spiro atoms. The van der Waals surface area contributed by atoms with Gasteiger partial charge in [0, 0.05) is 6.54 Å². The van der Waals surface area contributed by atoms with Gasteiger partial charge in [0.05, 0.1) is 4.47 Å². The van der Waals surface area contributed by atoms with Crippen molar-refractivity contribution in [2.24, 2.45) is 0 Å². The van der Waals surface area contributed by atoms with Crippen LogP contribution in [0.25, 0.3) is 0 Å². The largest absolute Gasteiger partial charge is 0.486 e. The number of halogens is 1. The fourth-order valence-corrected chi connectivity index (χ4v) is 3.10. The van der Waals surface area contributed by atoms with E-state index in [9.17, 15) is 0 Å². The van der Waals surface area contributed by atoms with Crippen LogP contribution in [0, 0.1) is 0 Å². The maximum absolute atomic E-state index is 5.66. The first-order valence-corrected chi connectivity index (χ1v) is 6.44. The molecular formula is C12H14BrNO2. The summed E-state index contributed by atoms with van der Waals surface area (Å²) in [5, 5.41) is 3.39. The highest BCUT2D eigenvalue weighted by Gasteiger charge is 2.24. The zero-order valence-electron chi connectivity index (χ0n) is 8.96. The third kappa shape index (κ3) is 1.70. The SMILES string of the molecule is Brc1c(C2CCNC2)ccc2c1OCCO2. The summed E-state index contributed by atoms with van der Waals surface area (Å²) in [7, 11) is 0. The molecule has 1 aromatic carbocycles. The molecule has 16 heavy (non-hydrogen) atoms. The Hall–Kier alpha value is -0.740. The van der Waals surface area contributed by atoms with Crippen molar-refractivity contribution in [2.45, 2.75) is 12.3 Å². The number of fused-ring (bicyclic) bond motifs is 1. The summed E-state index contributed by atoms with van der Waals surface area (Å²) in [6, 6.07) is 4.17. The molecule has 4 heteroatoms. The van der Waals surface area contributed by atoms with E-state index in [1.807, 2.05) is 6.07 Å². The fourth-order valence-electron chi connectivity index (χ4n) is 2.33. The second-order valence-corrected chi connectivity index (χ2v) is 4.98. The summed E-state index contributed by atoms with van der Waals surface area (Å²) in [6.45, 7) is 3.44.